The zero-order chi connectivity index (χ0) is 25.2. The van der Waals surface area contributed by atoms with E-state index in [9.17, 15) is 14.4 Å². The summed E-state index contributed by atoms with van der Waals surface area (Å²) in [5, 5.41) is 4.88. The van der Waals surface area contributed by atoms with Crippen LogP contribution in [0.2, 0.25) is 0 Å². The van der Waals surface area contributed by atoms with Crippen molar-refractivity contribution in [2.24, 2.45) is 0 Å². The number of benzene rings is 2. The van der Waals surface area contributed by atoms with Crippen molar-refractivity contribution in [3.63, 3.8) is 0 Å². The molecule has 1 aromatic heterocycles. The Kier molecular flexibility index (Phi) is 6.73. The molecule has 0 bridgehead atoms. The van der Waals surface area contributed by atoms with Gasteiger partial charge in [-0.05, 0) is 43.0 Å². The number of pyridine rings is 1. The van der Waals surface area contributed by atoms with Crippen LogP contribution in [0.3, 0.4) is 0 Å². The van der Waals surface area contributed by atoms with Crippen LogP contribution < -0.4 is 14.8 Å². The highest BCUT2D eigenvalue weighted by atomic mass is 16.6. The molecule has 1 saturated carbocycles. The van der Waals surface area contributed by atoms with Gasteiger partial charge >= 0.3 is 11.9 Å². The van der Waals surface area contributed by atoms with E-state index in [0.717, 1.165) is 23.6 Å². The fraction of sp³-hybridized carbons (Fsp3) is 0.333. The smallest absolute Gasteiger partial charge is 0.328 e. The lowest BCUT2D eigenvalue weighted by atomic mass is 9.87. The van der Waals surface area contributed by atoms with Crippen LogP contribution in [0.5, 0.6) is 11.5 Å². The number of hydrogen-bond acceptors (Lipinski definition) is 7. The van der Waals surface area contributed by atoms with Gasteiger partial charge in [0.2, 0.25) is 5.75 Å². The Bertz CT molecular complexity index is 1280. The van der Waals surface area contributed by atoms with Gasteiger partial charge < -0.3 is 19.5 Å². The molecule has 2 atom stereocenters. The number of aromatic nitrogens is 1. The lowest BCUT2D eigenvalue weighted by molar-refractivity contribution is -0.151. The van der Waals surface area contributed by atoms with Crippen LogP contribution in [-0.4, -0.2) is 42.1 Å². The van der Waals surface area contributed by atoms with Gasteiger partial charge in [0.1, 0.15) is 12.1 Å². The summed E-state index contributed by atoms with van der Waals surface area (Å²) >= 11 is 0. The van der Waals surface area contributed by atoms with Gasteiger partial charge in [-0.3, -0.25) is 9.59 Å². The highest BCUT2D eigenvalue weighted by Gasteiger charge is 2.51. The second kappa shape index (κ2) is 9.74. The molecule has 0 saturated heterocycles. The van der Waals surface area contributed by atoms with E-state index in [4.69, 9.17) is 14.2 Å². The Morgan fingerprint density at radius 3 is 2.43 bits per heavy atom. The standard InChI is InChI=1S/C27H28N2O6/c1-16(29-25(31)23-24(35-18(3)30)22(33-4)12-15-28-23)26(32)34-17(2)27(13-14-27)21-11-7-9-19-8-5-6-10-20(19)21/h5-12,15-17H,13-14H2,1-4H3,(H,29,31)/t16-,17-/m0/s1. The maximum atomic E-state index is 12.9. The maximum absolute atomic E-state index is 12.9. The Morgan fingerprint density at radius 1 is 1.03 bits per heavy atom. The van der Waals surface area contributed by atoms with E-state index in [0.29, 0.717) is 0 Å². The highest BCUT2D eigenvalue weighted by molar-refractivity contribution is 5.98. The predicted molar refractivity (Wildman–Crippen MR) is 129 cm³/mol. The molecule has 0 spiro atoms. The normalized spacial score (nSPS) is 15.5. The molecule has 2 aromatic carbocycles. The summed E-state index contributed by atoms with van der Waals surface area (Å²) in [5.41, 5.74) is 0.748. The number of hydrogen-bond donors (Lipinski definition) is 1. The maximum Gasteiger partial charge on any atom is 0.328 e. The number of methoxy groups -OCH3 is 1. The second-order valence-corrected chi connectivity index (χ2v) is 8.74. The summed E-state index contributed by atoms with van der Waals surface area (Å²) in [4.78, 5) is 41.3. The fourth-order valence-corrected chi connectivity index (χ4v) is 4.40. The molecular weight excluding hydrogens is 448 g/mol. The molecule has 1 heterocycles. The van der Waals surface area contributed by atoms with Crippen LogP contribution in [0.15, 0.2) is 54.7 Å². The van der Waals surface area contributed by atoms with Crippen LogP contribution >= 0.6 is 0 Å². The molecule has 0 radical (unpaired) electrons. The third-order valence-electron chi connectivity index (χ3n) is 6.44. The average Bonchev–Trinajstić information content (AvgIpc) is 3.65. The Morgan fingerprint density at radius 2 is 1.74 bits per heavy atom. The van der Waals surface area contributed by atoms with Crippen LogP contribution in [0.25, 0.3) is 10.8 Å². The van der Waals surface area contributed by atoms with Crippen molar-refractivity contribution in [1.82, 2.24) is 10.3 Å². The van der Waals surface area contributed by atoms with Crippen LogP contribution in [0.4, 0.5) is 0 Å². The molecule has 1 N–H and O–H groups in total. The van der Waals surface area contributed by atoms with Crippen molar-refractivity contribution in [3.8, 4) is 11.5 Å². The van der Waals surface area contributed by atoms with Gasteiger partial charge in [0.15, 0.2) is 11.4 Å². The quantitative estimate of drug-likeness (QED) is 0.491. The molecule has 0 aliphatic heterocycles. The summed E-state index contributed by atoms with van der Waals surface area (Å²) in [5.74, 6) is -1.81. The van der Waals surface area contributed by atoms with E-state index in [1.54, 1.807) is 0 Å². The van der Waals surface area contributed by atoms with E-state index >= 15 is 0 Å². The largest absolute Gasteiger partial charge is 0.493 e. The van der Waals surface area contributed by atoms with E-state index in [1.165, 1.54) is 38.8 Å². The summed E-state index contributed by atoms with van der Waals surface area (Å²) < 4.78 is 16.1. The van der Waals surface area contributed by atoms with Gasteiger partial charge in [0.05, 0.1) is 7.11 Å². The van der Waals surface area contributed by atoms with E-state index in [-0.39, 0.29) is 28.7 Å². The molecule has 0 unspecified atom stereocenters. The first-order valence-corrected chi connectivity index (χ1v) is 11.5. The zero-order valence-electron chi connectivity index (χ0n) is 20.2. The summed E-state index contributed by atoms with van der Waals surface area (Å²) in [7, 11) is 1.38. The minimum atomic E-state index is -0.952. The Hall–Kier alpha value is -3.94. The van der Waals surface area contributed by atoms with E-state index in [2.05, 4.69) is 34.6 Å². The minimum absolute atomic E-state index is 0.109. The van der Waals surface area contributed by atoms with Crippen molar-refractivity contribution < 1.29 is 28.6 Å². The molecule has 1 amide bonds. The van der Waals surface area contributed by atoms with Gasteiger partial charge in [0.25, 0.3) is 5.91 Å². The number of rotatable bonds is 8. The molecule has 1 fully saturated rings. The Labute approximate surface area is 203 Å². The van der Waals surface area contributed by atoms with Gasteiger partial charge in [-0.2, -0.15) is 0 Å². The monoisotopic (exact) mass is 476 g/mol. The van der Waals surface area contributed by atoms with E-state index < -0.39 is 23.9 Å². The van der Waals surface area contributed by atoms with Crippen LogP contribution in [0, 0.1) is 0 Å². The summed E-state index contributed by atoms with van der Waals surface area (Å²) in [6.45, 7) is 4.64. The van der Waals surface area contributed by atoms with Gasteiger partial charge in [-0.15, -0.1) is 0 Å². The van der Waals surface area contributed by atoms with Crippen LogP contribution in [-0.2, 0) is 19.7 Å². The third-order valence-corrected chi connectivity index (χ3v) is 6.44. The molecule has 8 heteroatoms. The van der Waals surface area contributed by atoms with Gasteiger partial charge in [-0.1, -0.05) is 42.5 Å². The van der Waals surface area contributed by atoms with Gasteiger partial charge in [0, 0.05) is 24.6 Å². The molecule has 182 valence electrons. The lowest BCUT2D eigenvalue weighted by Gasteiger charge is -2.27. The molecule has 8 nitrogen and oxygen atoms in total. The van der Waals surface area contributed by atoms with Crippen molar-refractivity contribution in [2.75, 3.05) is 7.11 Å². The highest BCUT2D eigenvalue weighted by Crippen LogP contribution is 2.53. The fourth-order valence-electron chi connectivity index (χ4n) is 4.40. The van der Waals surface area contributed by atoms with E-state index in [1.807, 2.05) is 25.1 Å². The number of nitrogens with one attached hydrogen (secondary N) is 1. The number of ether oxygens (including phenoxy) is 3. The van der Waals surface area contributed by atoms with Crippen molar-refractivity contribution in [1.29, 1.82) is 0 Å². The molecule has 35 heavy (non-hydrogen) atoms. The van der Waals surface area contributed by atoms with Crippen molar-refractivity contribution in [2.45, 2.75) is 51.2 Å². The van der Waals surface area contributed by atoms with Crippen LogP contribution in [0.1, 0.15) is 49.7 Å². The molecular formula is C27H28N2O6. The van der Waals surface area contributed by atoms with Gasteiger partial charge in [-0.25, -0.2) is 9.78 Å². The summed E-state index contributed by atoms with van der Waals surface area (Å²) in [6.07, 6.45) is 2.80. The van der Waals surface area contributed by atoms with Crippen molar-refractivity contribution in [3.05, 3.63) is 66.0 Å². The number of esters is 2. The topological polar surface area (TPSA) is 104 Å². The first-order chi connectivity index (χ1) is 16.8. The minimum Gasteiger partial charge on any atom is -0.493 e. The third kappa shape index (κ3) is 4.82. The molecule has 1 aliphatic rings. The Balaban J connectivity index is 1.47. The number of amides is 1. The number of nitrogens with zero attached hydrogens (tertiary/aromatic N) is 1. The van der Waals surface area contributed by atoms with Crippen molar-refractivity contribution >= 4 is 28.6 Å². The number of carbonyl (C=O) groups excluding carboxylic acids is 3. The molecule has 3 aromatic rings. The molecule has 1 aliphatic carbocycles. The first-order valence-electron chi connectivity index (χ1n) is 11.5. The second-order valence-electron chi connectivity index (χ2n) is 8.74. The zero-order valence-corrected chi connectivity index (χ0v) is 20.2. The molecule has 4 rings (SSSR count). The number of fused-ring (bicyclic) bond motifs is 1. The lowest BCUT2D eigenvalue weighted by Crippen LogP contribution is -2.42. The first kappa shape index (κ1) is 24.2. The SMILES string of the molecule is COc1ccnc(C(=O)N[C@@H](C)C(=O)O[C@@H](C)C2(c3cccc4ccccc34)CC2)c1OC(C)=O. The number of carbonyl (C=O) groups is 3. The summed E-state index contributed by atoms with van der Waals surface area (Å²) in [6, 6.07) is 14.9. The predicted octanol–water partition coefficient (Wildman–Crippen LogP) is 3.95. The average molecular weight is 477 g/mol.